The maximum absolute atomic E-state index is 4.37. The highest BCUT2D eigenvalue weighted by atomic mass is 32.2. The molecular weight excluding hydrogens is 246 g/mol. The van der Waals surface area contributed by atoms with E-state index in [0.717, 1.165) is 33.5 Å². The van der Waals surface area contributed by atoms with Gasteiger partial charge in [-0.1, -0.05) is 6.92 Å². The van der Waals surface area contributed by atoms with Crippen molar-refractivity contribution in [1.82, 2.24) is 19.7 Å². The van der Waals surface area contributed by atoms with E-state index in [1.165, 1.54) is 0 Å². The number of anilines is 1. The van der Waals surface area contributed by atoms with Gasteiger partial charge in [0, 0.05) is 19.7 Å². The van der Waals surface area contributed by atoms with Crippen LogP contribution in [0.1, 0.15) is 18.2 Å². The van der Waals surface area contributed by atoms with Crippen LogP contribution in [0.3, 0.4) is 0 Å². The van der Waals surface area contributed by atoms with E-state index >= 15 is 0 Å². The molecule has 1 N–H and O–H groups in total. The van der Waals surface area contributed by atoms with Crippen LogP contribution in [0, 0.1) is 6.92 Å². The highest BCUT2D eigenvalue weighted by Crippen LogP contribution is 2.31. The molecule has 0 aliphatic carbocycles. The van der Waals surface area contributed by atoms with Crippen LogP contribution in [0.5, 0.6) is 0 Å². The SMILES string of the molecule is CCc1c(NC)ncnc1Sc1cc(C)nn1C. The molecule has 0 bridgehead atoms. The summed E-state index contributed by atoms with van der Waals surface area (Å²) in [6, 6.07) is 2.06. The smallest absolute Gasteiger partial charge is 0.133 e. The summed E-state index contributed by atoms with van der Waals surface area (Å²) in [6.45, 7) is 4.10. The fraction of sp³-hybridized carbons (Fsp3) is 0.417. The molecule has 0 radical (unpaired) electrons. The van der Waals surface area contributed by atoms with Crippen LogP contribution in [0.25, 0.3) is 0 Å². The highest BCUT2D eigenvalue weighted by Gasteiger charge is 2.12. The third kappa shape index (κ3) is 2.48. The molecule has 5 nitrogen and oxygen atoms in total. The van der Waals surface area contributed by atoms with Crippen molar-refractivity contribution >= 4 is 17.6 Å². The standard InChI is InChI=1S/C12H17N5S/c1-5-9-11(13-3)14-7-15-12(9)18-10-6-8(2)16-17(10)4/h6-7H,5H2,1-4H3,(H,13,14,15). The Bertz CT molecular complexity index is 549. The Balaban J connectivity index is 2.37. The molecule has 0 aliphatic heterocycles. The van der Waals surface area contributed by atoms with Gasteiger partial charge in [-0.15, -0.1) is 0 Å². The molecular formula is C12H17N5S. The van der Waals surface area contributed by atoms with Crippen molar-refractivity contribution in [3.8, 4) is 0 Å². The number of rotatable bonds is 4. The highest BCUT2D eigenvalue weighted by molar-refractivity contribution is 7.99. The number of aromatic nitrogens is 4. The lowest BCUT2D eigenvalue weighted by atomic mass is 10.2. The molecule has 0 spiro atoms. The minimum absolute atomic E-state index is 0.897. The van der Waals surface area contributed by atoms with Crippen LogP contribution in [0.15, 0.2) is 22.4 Å². The van der Waals surface area contributed by atoms with Crippen molar-refractivity contribution in [3.05, 3.63) is 23.7 Å². The third-order valence-electron chi connectivity index (χ3n) is 2.66. The van der Waals surface area contributed by atoms with Crippen LogP contribution in [0.2, 0.25) is 0 Å². The van der Waals surface area contributed by atoms with E-state index in [1.807, 2.05) is 25.7 Å². The zero-order valence-corrected chi connectivity index (χ0v) is 11.9. The summed E-state index contributed by atoms with van der Waals surface area (Å²) in [5.74, 6) is 0.897. The van der Waals surface area contributed by atoms with Gasteiger partial charge in [-0.25, -0.2) is 9.97 Å². The molecule has 0 saturated carbocycles. The minimum Gasteiger partial charge on any atom is -0.373 e. The molecule has 0 fully saturated rings. The fourth-order valence-corrected chi connectivity index (χ4v) is 2.86. The molecule has 0 saturated heterocycles. The molecule has 6 heteroatoms. The average Bonchev–Trinajstić information content (AvgIpc) is 2.67. The van der Waals surface area contributed by atoms with Gasteiger partial charge in [0.05, 0.1) is 5.69 Å². The van der Waals surface area contributed by atoms with E-state index < -0.39 is 0 Å². The van der Waals surface area contributed by atoms with Gasteiger partial charge in [0.1, 0.15) is 22.2 Å². The maximum atomic E-state index is 4.37. The van der Waals surface area contributed by atoms with Crippen molar-refractivity contribution in [2.24, 2.45) is 7.05 Å². The van der Waals surface area contributed by atoms with Gasteiger partial charge in [-0.2, -0.15) is 5.10 Å². The quantitative estimate of drug-likeness (QED) is 0.858. The number of aryl methyl sites for hydroxylation is 2. The van der Waals surface area contributed by atoms with E-state index in [-0.39, 0.29) is 0 Å². The fourth-order valence-electron chi connectivity index (χ4n) is 1.80. The van der Waals surface area contributed by atoms with E-state index in [1.54, 1.807) is 18.1 Å². The first-order valence-corrected chi connectivity index (χ1v) is 6.67. The van der Waals surface area contributed by atoms with Crippen LogP contribution >= 0.6 is 11.8 Å². The average molecular weight is 263 g/mol. The molecule has 2 aromatic heterocycles. The van der Waals surface area contributed by atoms with Crippen molar-refractivity contribution in [2.75, 3.05) is 12.4 Å². The van der Waals surface area contributed by atoms with Crippen LogP contribution in [0.4, 0.5) is 5.82 Å². The monoisotopic (exact) mass is 263 g/mol. The molecule has 0 aliphatic rings. The number of nitrogens with one attached hydrogen (secondary N) is 1. The normalized spacial score (nSPS) is 10.7. The lowest BCUT2D eigenvalue weighted by Crippen LogP contribution is -2.02. The molecule has 0 unspecified atom stereocenters. The lowest BCUT2D eigenvalue weighted by molar-refractivity contribution is 0.691. The van der Waals surface area contributed by atoms with Crippen LogP contribution in [-0.2, 0) is 13.5 Å². The topological polar surface area (TPSA) is 55.6 Å². The molecule has 96 valence electrons. The van der Waals surface area contributed by atoms with E-state index in [9.17, 15) is 0 Å². The molecule has 0 amide bonds. The molecule has 2 heterocycles. The zero-order chi connectivity index (χ0) is 13.1. The van der Waals surface area contributed by atoms with Crippen LogP contribution in [-0.4, -0.2) is 26.8 Å². The number of hydrogen-bond donors (Lipinski definition) is 1. The summed E-state index contributed by atoms with van der Waals surface area (Å²) in [4.78, 5) is 8.61. The van der Waals surface area contributed by atoms with Crippen molar-refractivity contribution < 1.29 is 0 Å². The first-order valence-electron chi connectivity index (χ1n) is 5.85. The molecule has 18 heavy (non-hydrogen) atoms. The Morgan fingerprint density at radius 1 is 1.39 bits per heavy atom. The summed E-state index contributed by atoms with van der Waals surface area (Å²) >= 11 is 1.63. The summed E-state index contributed by atoms with van der Waals surface area (Å²) < 4.78 is 1.88. The third-order valence-corrected chi connectivity index (χ3v) is 3.79. The first kappa shape index (κ1) is 12.9. The van der Waals surface area contributed by atoms with Crippen LogP contribution < -0.4 is 5.32 Å². The molecule has 0 aromatic carbocycles. The van der Waals surface area contributed by atoms with Crippen molar-refractivity contribution in [2.45, 2.75) is 30.3 Å². The Morgan fingerprint density at radius 3 is 2.72 bits per heavy atom. The van der Waals surface area contributed by atoms with Crippen molar-refractivity contribution in [1.29, 1.82) is 0 Å². The predicted molar refractivity (Wildman–Crippen MR) is 73.0 cm³/mol. The molecule has 2 aromatic rings. The summed E-state index contributed by atoms with van der Waals surface area (Å²) in [5.41, 5.74) is 2.16. The summed E-state index contributed by atoms with van der Waals surface area (Å²) in [6.07, 6.45) is 2.49. The number of nitrogens with zero attached hydrogens (tertiary/aromatic N) is 4. The van der Waals surface area contributed by atoms with E-state index in [4.69, 9.17) is 0 Å². The van der Waals surface area contributed by atoms with Crippen molar-refractivity contribution in [3.63, 3.8) is 0 Å². The van der Waals surface area contributed by atoms with Gasteiger partial charge in [-0.3, -0.25) is 4.68 Å². The Kier molecular flexibility index (Phi) is 3.86. The Morgan fingerprint density at radius 2 is 2.17 bits per heavy atom. The van der Waals surface area contributed by atoms with Gasteiger partial charge < -0.3 is 5.32 Å². The second kappa shape index (κ2) is 5.39. The second-order valence-electron chi connectivity index (χ2n) is 3.96. The predicted octanol–water partition coefficient (Wildman–Crippen LogP) is 2.27. The Labute approximate surface area is 111 Å². The maximum Gasteiger partial charge on any atom is 0.133 e. The van der Waals surface area contributed by atoms with Gasteiger partial charge >= 0.3 is 0 Å². The lowest BCUT2D eigenvalue weighted by Gasteiger charge is -2.10. The van der Waals surface area contributed by atoms with E-state index in [2.05, 4.69) is 33.4 Å². The van der Waals surface area contributed by atoms with Gasteiger partial charge in [0.25, 0.3) is 0 Å². The van der Waals surface area contributed by atoms with E-state index in [0.29, 0.717) is 0 Å². The number of hydrogen-bond acceptors (Lipinski definition) is 5. The molecule has 2 rings (SSSR count). The van der Waals surface area contributed by atoms with Gasteiger partial charge in [0.2, 0.25) is 0 Å². The first-order chi connectivity index (χ1) is 8.65. The summed E-state index contributed by atoms with van der Waals surface area (Å²) in [5, 5.41) is 9.52. The summed E-state index contributed by atoms with van der Waals surface area (Å²) in [7, 11) is 3.82. The Hall–Kier alpha value is -1.56. The van der Waals surface area contributed by atoms with Gasteiger partial charge in [-0.05, 0) is 31.2 Å². The molecule has 0 atom stereocenters. The zero-order valence-electron chi connectivity index (χ0n) is 11.1. The minimum atomic E-state index is 0.897. The van der Waals surface area contributed by atoms with Gasteiger partial charge in [0.15, 0.2) is 0 Å². The second-order valence-corrected chi connectivity index (χ2v) is 4.97. The largest absolute Gasteiger partial charge is 0.373 e.